The van der Waals surface area contributed by atoms with E-state index in [-0.39, 0.29) is 11.5 Å². The van der Waals surface area contributed by atoms with Crippen molar-refractivity contribution in [3.8, 4) is 0 Å². The maximum absolute atomic E-state index is 12.9. The van der Waals surface area contributed by atoms with Gasteiger partial charge in [0.2, 0.25) is 0 Å². The molecule has 5 nitrogen and oxygen atoms in total. The number of nitrogens with zero attached hydrogens (tertiary/aromatic N) is 3. The first-order valence-corrected chi connectivity index (χ1v) is 9.03. The van der Waals surface area contributed by atoms with E-state index in [1.54, 1.807) is 0 Å². The first-order valence-electron chi connectivity index (χ1n) is 9.03. The van der Waals surface area contributed by atoms with Crippen molar-refractivity contribution in [1.29, 1.82) is 0 Å². The predicted molar refractivity (Wildman–Crippen MR) is 95.6 cm³/mol. The highest BCUT2D eigenvalue weighted by Crippen LogP contribution is 2.41. The zero-order valence-electron chi connectivity index (χ0n) is 14.9. The van der Waals surface area contributed by atoms with Gasteiger partial charge in [-0.05, 0) is 43.9 Å². The number of piperidine rings is 1. The number of hydrogen-bond donors (Lipinski definition) is 0. The van der Waals surface area contributed by atoms with Crippen molar-refractivity contribution in [2.75, 3.05) is 19.7 Å². The average molecular weight is 339 g/mol. The molecule has 1 amide bonds. The molecule has 1 aromatic carbocycles. The molecule has 0 saturated carbocycles. The molecule has 0 bridgehead atoms. The highest BCUT2D eigenvalue weighted by atomic mass is 16.5. The first kappa shape index (κ1) is 16.3. The SMILES string of the molecule is Cc1cccc(C(=O)N2CCC[C@]3(C[C@@H](c4cnn(C)c4)CO3)C2)c1. The van der Waals surface area contributed by atoms with E-state index in [9.17, 15) is 4.79 Å². The van der Waals surface area contributed by atoms with Crippen LogP contribution in [0.2, 0.25) is 0 Å². The average Bonchev–Trinajstić information content (AvgIpc) is 3.21. The predicted octanol–water partition coefficient (Wildman–Crippen LogP) is 2.91. The molecule has 1 aromatic heterocycles. The molecule has 2 atom stereocenters. The Hall–Kier alpha value is -2.14. The summed E-state index contributed by atoms with van der Waals surface area (Å²) in [7, 11) is 1.94. The topological polar surface area (TPSA) is 47.4 Å². The van der Waals surface area contributed by atoms with Gasteiger partial charge in [-0.2, -0.15) is 5.10 Å². The molecular formula is C20H25N3O2. The summed E-state index contributed by atoms with van der Waals surface area (Å²) in [6, 6.07) is 7.85. The van der Waals surface area contributed by atoms with Crippen LogP contribution in [0, 0.1) is 6.92 Å². The molecule has 2 aliphatic rings. The van der Waals surface area contributed by atoms with E-state index in [2.05, 4.69) is 11.3 Å². The normalized spacial score (nSPS) is 26.3. The van der Waals surface area contributed by atoms with Crippen molar-refractivity contribution >= 4 is 5.91 Å². The van der Waals surface area contributed by atoms with E-state index in [1.807, 2.05) is 54.0 Å². The van der Waals surface area contributed by atoms with Crippen LogP contribution in [-0.4, -0.2) is 45.9 Å². The molecule has 2 fully saturated rings. The first-order chi connectivity index (χ1) is 12.0. The lowest BCUT2D eigenvalue weighted by atomic mass is 9.84. The van der Waals surface area contributed by atoms with E-state index < -0.39 is 0 Å². The lowest BCUT2D eigenvalue weighted by molar-refractivity contribution is -0.0447. The fourth-order valence-electron chi connectivity index (χ4n) is 4.23. The second-order valence-corrected chi connectivity index (χ2v) is 7.54. The number of ether oxygens (including phenoxy) is 1. The van der Waals surface area contributed by atoms with Gasteiger partial charge in [0.15, 0.2) is 0 Å². The molecule has 2 aromatic rings. The van der Waals surface area contributed by atoms with E-state index in [0.29, 0.717) is 12.5 Å². The van der Waals surface area contributed by atoms with Crippen molar-refractivity contribution in [3.05, 3.63) is 53.3 Å². The van der Waals surface area contributed by atoms with Crippen molar-refractivity contribution in [3.63, 3.8) is 0 Å². The van der Waals surface area contributed by atoms with Crippen LogP contribution in [0.1, 0.15) is 46.7 Å². The van der Waals surface area contributed by atoms with E-state index in [0.717, 1.165) is 43.5 Å². The van der Waals surface area contributed by atoms with Gasteiger partial charge >= 0.3 is 0 Å². The summed E-state index contributed by atoms with van der Waals surface area (Å²) in [6.45, 7) is 4.25. The lowest BCUT2D eigenvalue weighted by Gasteiger charge is -2.39. The van der Waals surface area contributed by atoms with Gasteiger partial charge in [-0.3, -0.25) is 9.48 Å². The molecule has 4 rings (SSSR count). The van der Waals surface area contributed by atoms with Crippen LogP contribution in [0.15, 0.2) is 36.7 Å². The fraction of sp³-hybridized carbons (Fsp3) is 0.500. The summed E-state index contributed by atoms with van der Waals surface area (Å²) in [5, 5.41) is 4.28. The summed E-state index contributed by atoms with van der Waals surface area (Å²) >= 11 is 0. The maximum atomic E-state index is 12.9. The number of hydrogen-bond acceptors (Lipinski definition) is 3. The van der Waals surface area contributed by atoms with Crippen molar-refractivity contribution in [2.24, 2.45) is 7.05 Å². The second kappa shape index (κ2) is 6.30. The Labute approximate surface area is 148 Å². The number of rotatable bonds is 2. The highest BCUT2D eigenvalue weighted by molar-refractivity contribution is 5.94. The summed E-state index contributed by atoms with van der Waals surface area (Å²) < 4.78 is 8.11. The van der Waals surface area contributed by atoms with Crippen LogP contribution in [0.4, 0.5) is 0 Å². The minimum atomic E-state index is -0.196. The summed E-state index contributed by atoms with van der Waals surface area (Å²) in [5.74, 6) is 0.499. The number of benzene rings is 1. The molecule has 0 N–H and O–H groups in total. The van der Waals surface area contributed by atoms with Gasteiger partial charge in [0.25, 0.3) is 5.91 Å². The summed E-state index contributed by atoms with van der Waals surface area (Å²) in [6.07, 6.45) is 7.01. The quantitative estimate of drug-likeness (QED) is 0.845. The minimum absolute atomic E-state index is 0.121. The van der Waals surface area contributed by atoms with Gasteiger partial charge in [-0.15, -0.1) is 0 Å². The smallest absolute Gasteiger partial charge is 0.253 e. The Bertz CT molecular complexity index is 785. The Kier molecular flexibility index (Phi) is 4.12. The Morgan fingerprint density at radius 3 is 3.04 bits per heavy atom. The Balaban J connectivity index is 1.48. The number of carbonyl (C=O) groups is 1. The number of likely N-dealkylation sites (tertiary alicyclic amines) is 1. The molecule has 0 aliphatic carbocycles. The fourth-order valence-corrected chi connectivity index (χ4v) is 4.23. The van der Waals surface area contributed by atoms with Gasteiger partial charge in [0.05, 0.1) is 18.4 Å². The molecule has 0 radical (unpaired) electrons. The van der Waals surface area contributed by atoms with Crippen LogP contribution >= 0.6 is 0 Å². The summed E-state index contributed by atoms with van der Waals surface area (Å²) in [5.41, 5.74) is 2.94. The van der Waals surface area contributed by atoms with E-state index in [1.165, 1.54) is 5.56 Å². The molecule has 3 heterocycles. The number of aromatic nitrogens is 2. The highest BCUT2D eigenvalue weighted by Gasteiger charge is 2.45. The number of aryl methyl sites for hydroxylation is 2. The lowest BCUT2D eigenvalue weighted by Crippen LogP contribution is -2.50. The maximum Gasteiger partial charge on any atom is 0.253 e. The monoisotopic (exact) mass is 339 g/mol. The van der Waals surface area contributed by atoms with Crippen LogP contribution in [0.25, 0.3) is 0 Å². The van der Waals surface area contributed by atoms with Gasteiger partial charge in [-0.1, -0.05) is 17.7 Å². The van der Waals surface area contributed by atoms with Crippen LogP contribution < -0.4 is 0 Å². The molecule has 0 unspecified atom stereocenters. The van der Waals surface area contributed by atoms with E-state index >= 15 is 0 Å². The Morgan fingerprint density at radius 2 is 2.28 bits per heavy atom. The van der Waals surface area contributed by atoms with Gasteiger partial charge < -0.3 is 9.64 Å². The molecule has 25 heavy (non-hydrogen) atoms. The zero-order chi connectivity index (χ0) is 17.4. The van der Waals surface area contributed by atoms with E-state index in [4.69, 9.17) is 4.74 Å². The third-order valence-electron chi connectivity index (χ3n) is 5.50. The van der Waals surface area contributed by atoms with Crippen molar-refractivity contribution in [1.82, 2.24) is 14.7 Å². The van der Waals surface area contributed by atoms with Crippen LogP contribution in [-0.2, 0) is 11.8 Å². The number of amides is 1. The largest absolute Gasteiger partial charge is 0.372 e. The minimum Gasteiger partial charge on any atom is -0.372 e. The molecule has 132 valence electrons. The summed E-state index contributed by atoms with van der Waals surface area (Å²) in [4.78, 5) is 14.9. The molecule has 5 heteroatoms. The van der Waals surface area contributed by atoms with Crippen molar-refractivity contribution < 1.29 is 9.53 Å². The van der Waals surface area contributed by atoms with Gasteiger partial charge in [0, 0.05) is 37.8 Å². The third kappa shape index (κ3) is 3.21. The molecule has 2 saturated heterocycles. The molecule has 2 aliphatic heterocycles. The van der Waals surface area contributed by atoms with Gasteiger partial charge in [0.1, 0.15) is 0 Å². The standard InChI is InChI=1S/C20H25N3O2/c1-15-5-3-6-16(9-15)19(24)23-8-4-7-20(14-23)10-17(13-25-20)18-11-21-22(2)12-18/h3,5-6,9,11-12,17H,4,7-8,10,13-14H2,1-2H3/t17-,20+/m1/s1. The van der Waals surface area contributed by atoms with Crippen LogP contribution in [0.5, 0.6) is 0 Å². The molecular weight excluding hydrogens is 314 g/mol. The van der Waals surface area contributed by atoms with Crippen molar-refractivity contribution in [2.45, 2.75) is 37.7 Å². The van der Waals surface area contributed by atoms with Gasteiger partial charge in [-0.25, -0.2) is 0 Å². The third-order valence-corrected chi connectivity index (χ3v) is 5.50. The number of carbonyl (C=O) groups excluding carboxylic acids is 1. The zero-order valence-corrected chi connectivity index (χ0v) is 14.9. The Morgan fingerprint density at radius 1 is 1.40 bits per heavy atom. The van der Waals surface area contributed by atoms with Crippen LogP contribution in [0.3, 0.4) is 0 Å². The second-order valence-electron chi connectivity index (χ2n) is 7.54. The molecule has 1 spiro atoms.